The molecule has 5 rings (SSSR count). The van der Waals surface area contributed by atoms with E-state index in [4.69, 9.17) is 4.74 Å². The number of rotatable bonds is 2. The summed E-state index contributed by atoms with van der Waals surface area (Å²) in [5.41, 5.74) is 0.387. The quantitative estimate of drug-likeness (QED) is 0.901. The van der Waals surface area contributed by atoms with E-state index in [0.29, 0.717) is 5.92 Å². The van der Waals surface area contributed by atoms with Crippen molar-refractivity contribution in [3.8, 4) is 0 Å². The van der Waals surface area contributed by atoms with E-state index in [1.807, 2.05) is 35.2 Å². The largest absolute Gasteiger partial charge is 0.390 e. The fourth-order valence-corrected chi connectivity index (χ4v) is 5.69. The zero-order chi connectivity index (χ0) is 14.4. The molecule has 1 N–H and O–H groups in total. The standard InChI is InChI=1S/C17H19NO3/c1-2-17-13-11-8-10(14(19)15(11)21-17)12(13)16(20)18(17)9-6-4-3-5-7-9/h3-7,10-15,19H,2,8H2,1H3/t10-,11-,12-,13+,14+,15-,17-/m0/s1. The van der Waals surface area contributed by atoms with Crippen LogP contribution in [0.4, 0.5) is 5.69 Å². The van der Waals surface area contributed by atoms with Gasteiger partial charge in [0.2, 0.25) is 5.91 Å². The van der Waals surface area contributed by atoms with Gasteiger partial charge in [0.1, 0.15) is 0 Å². The van der Waals surface area contributed by atoms with Crippen molar-refractivity contribution in [3.05, 3.63) is 30.3 Å². The van der Waals surface area contributed by atoms with Crippen LogP contribution in [0.25, 0.3) is 0 Å². The smallest absolute Gasteiger partial charge is 0.233 e. The summed E-state index contributed by atoms with van der Waals surface area (Å²) in [4.78, 5) is 15.0. The second kappa shape index (κ2) is 3.68. The molecule has 2 aliphatic heterocycles. The third-order valence-corrected chi connectivity index (χ3v) is 6.32. The lowest BCUT2D eigenvalue weighted by Gasteiger charge is -2.38. The van der Waals surface area contributed by atoms with Gasteiger partial charge in [-0.25, -0.2) is 0 Å². The number of nitrogens with zero attached hydrogens (tertiary/aromatic N) is 1. The fourth-order valence-electron chi connectivity index (χ4n) is 5.69. The third-order valence-electron chi connectivity index (χ3n) is 6.32. The summed E-state index contributed by atoms with van der Waals surface area (Å²) in [7, 11) is 0. The highest BCUT2D eigenvalue weighted by Crippen LogP contribution is 2.68. The molecule has 4 heteroatoms. The van der Waals surface area contributed by atoms with Crippen LogP contribution in [-0.2, 0) is 9.53 Å². The van der Waals surface area contributed by atoms with E-state index in [-0.39, 0.29) is 29.8 Å². The first-order valence-electron chi connectivity index (χ1n) is 7.94. The number of fused-ring (bicyclic) bond motifs is 2. The van der Waals surface area contributed by atoms with E-state index in [1.165, 1.54) is 0 Å². The highest BCUT2D eigenvalue weighted by molar-refractivity contribution is 6.00. The molecule has 2 aliphatic carbocycles. The van der Waals surface area contributed by atoms with Crippen LogP contribution in [0.1, 0.15) is 19.8 Å². The molecule has 0 radical (unpaired) electrons. The number of hydrogen-bond donors (Lipinski definition) is 1. The second-order valence-electron chi connectivity index (χ2n) is 6.90. The van der Waals surface area contributed by atoms with Crippen molar-refractivity contribution < 1.29 is 14.6 Å². The Morgan fingerprint density at radius 2 is 2.10 bits per heavy atom. The number of aliphatic hydroxyl groups is 1. The molecule has 4 nitrogen and oxygen atoms in total. The SMILES string of the molecule is CC[C@]12O[C@@H]3[C@H](O)[C@H]4C[C@H]3[C@@H]1[C@H]4C(=O)N2c1ccccc1. The van der Waals surface area contributed by atoms with Crippen LogP contribution in [0.5, 0.6) is 0 Å². The maximum atomic E-state index is 13.1. The highest BCUT2D eigenvalue weighted by Gasteiger charge is 2.77. The van der Waals surface area contributed by atoms with Gasteiger partial charge in [-0.3, -0.25) is 9.69 Å². The Morgan fingerprint density at radius 1 is 1.33 bits per heavy atom. The molecular weight excluding hydrogens is 266 g/mol. The molecular formula is C17H19NO3. The first kappa shape index (κ1) is 12.2. The monoisotopic (exact) mass is 285 g/mol. The molecule has 4 aliphatic rings. The summed E-state index contributed by atoms with van der Waals surface area (Å²) in [6, 6.07) is 9.84. The van der Waals surface area contributed by atoms with E-state index < -0.39 is 11.8 Å². The van der Waals surface area contributed by atoms with Gasteiger partial charge in [-0.1, -0.05) is 25.1 Å². The first-order chi connectivity index (χ1) is 10.2. The molecule has 110 valence electrons. The van der Waals surface area contributed by atoms with Gasteiger partial charge in [0.05, 0.1) is 18.1 Å². The van der Waals surface area contributed by atoms with Crippen LogP contribution in [0, 0.1) is 23.7 Å². The number of benzene rings is 1. The lowest BCUT2D eigenvalue weighted by Crippen LogP contribution is -2.50. The fraction of sp³-hybridized carbons (Fsp3) is 0.588. The maximum absolute atomic E-state index is 13.1. The van der Waals surface area contributed by atoms with Gasteiger partial charge in [0.15, 0.2) is 5.72 Å². The average molecular weight is 285 g/mol. The summed E-state index contributed by atoms with van der Waals surface area (Å²) in [5.74, 6) is 0.808. The van der Waals surface area contributed by atoms with Crippen molar-refractivity contribution in [2.24, 2.45) is 23.7 Å². The summed E-state index contributed by atoms with van der Waals surface area (Å²) >= 11 is 0. The molecule has 0 spiro atoms. The molecule has 1 amide bonds. The van der Waals surface area contributed by atoms with E-state index in [0.717, 1.165) is 18.5 Å². The van der Waals surface area contributed by atoms with Crippen LogP contribution in [0.3, 0.4) is 0 Å². The summed E-state index contributed by atoms with van der Waals surface area (Å²) in [5, 5.41) is 10.4. The van der Waals surface area contributed by atoms with E-state index in [9.17, 15) is 9.90 Å². The van der Waals surface area contributed by atoms with Crippen molar-refractivity contribution in [3.63, 3.8) is 0 Å². The zero-order valence-electron chi connectivity index (χ0n) is 12.0. The van der Waals surface area contributed by atoms with Gasteiger partial charge in [-0.15, -0.1) is 0 Å². The summed E-state index contributed by atoms with van der Waals surface area (Å²) in [6.45, 7) is 2.09. The Bertz CT molecular complexity index is 618. The Morgan fingerprint density at radius 3 is 2.81 bits per heavy atom. The summed E-state index contributed by atoms with van der Waals surface area (Å²) in [6.07, 6.45) is 1.21. The Balaban J connectivity index is 1.69. The number of aliphatic hydroxyl groups excluding tert-OH is 1. The molecule has 21 heavy (non-hydrogen) atoms. The molecule has 0 unspecified atom stereocenters. The minimum Gasteiger partial charge on any atom is -0.390 e. The van der Waals surface area contributed by atoms with Crippen molar-refractivity contribution in [1.29, 1.82) is 0 Å². The molecule has 7 atom stereocenters. The number of amides is 1. The van der Waals surface area contributed by atoms with Crippen LogP contribution in [-0.4, -0.2) is 28.9 Å². The van der Waals surface area contributed by atoms with Gasteiger partial charge in [0, 0.05) is 11.6 Å². The molecule has 1 aromatic carbocycles. The van der Waals surface area contributed by atoms with Gasteiger partial charge in [0.25, 0.3) is 0 Å². The minimum absolute atomic E-state index is 0.0519. The maximum Gasteiger partial charge on any atom is 0.233 e. The molecule has 4 fully saturated rings. The number of carbonyl (C=O) groups excluding carboxylic acids is 1. The van der Waals surface area contributed by atoms with E-state index >= 15 is 0 Å². The van der Waals surface area contributed by atoms with E-state index in [1.54, 1.807) is 0 Å². The Labute approximate surface area is 123 Å². The van der Waals surface area contributed by atoms with Crippen LogP contribution >= 0.6 is 0 Å². The van der Waals surface area contributed by atoms with Crippen molar-refractivity contribution in [2.45, 2.75) is 37.7 Å². The Hall–Kier alpha value is -1.39. The van der Waals surface area contributed by atoms with Gasteiger partial charge in [-0.05, 0) is 36.8 Å². The van der Waals surface area contributed by atoms with Gasteiger partial charge < -0.3 is 9.84 Å². The predicted octanol–water partition coefficient (Wildman–Crippen LogP) is 1.78. The lowest BCUT2D eigenvalue weighted by molar-refractivity contribution is -0.133. The van der Waals surface area contributed by atoms with Crippen LogP contribution in [0.15, 0.2) is 30.3 Å². The Kier molecular flexibility index (Phi) is 2.13. The topological polar surface area (TPSA) is 49.8 Å². The molecule has 2 saturated heterocycles. The van der Waals surface area contributed by atoms with Crippen molar-refractivity contribution >= 4 is 11.6 Å². The highest BCUT2D eigenvalue weighted by atomic mass is 16.6. The van der Waals surface area contributed by atoms with Gasteiger partial charge in [-0.2, -0.15) is 0 Å². The lowest BCUT2D eigenvalue weighted by atomic mass is 9.76. The number of ether oxygens (including phenoxy) is 1. The number of carbonyl (C=O) groups is 1. The zero-order valence-corrected chi connectivity index (χ0v) is 12.0. The second-order valence-corrected chi connectivity index (χ2v) is 6.90. The van der Waals surface area contributed by atoms with Crippen LogP contribution < -0.4 is 4.90 Å². The molecule has 0 aromatic heterocycles. The third kappa shape index (κ3) is 1.16. The number of anilines is 1. The van der Waals surface area contributed by atoms with Crippen molar-refractivity contribution in [2.75, 3.05) is 4.90 Å². The normalized spacial score (nSPS) is 49.4. The van der Waals surface area contributed by atoms with Gasteiger partial charge >= 0.3 is 0 Å². The van der Waals surface area contributed by atoms with E-state index in [2.05, 4.69) is 6.92 Å². The first-order valence-corrected chi connectivity index (χ1v) is 7.94. The number of para-hydroxylation sites is 1. The predicted molar refractivity (Wildman–Crippen MR) is 76.4 cm³/mol. The minimum atomic E-state index is -0.537. The van der Waals surface area contributed by atoms with Crippen LogP contribution in [0.2, 0.25) is 0 Å². The molecule has 1 aromatic rings. The molecule has 2 heterocycles. The summed E-state index contributed by atoms with van der Waals surface area (Å²) < 4.78 is 6.37. The molecule has 2 bridgehead atoms. The average Bonchev–Trinajstić information content (AvgIpc) is 3.16. The van der Waals surface area contributed by atoms with Crippen molar-refractivity contribution in [1.82, 2.24) is 0 Å². The number of hydrogen-bond acceptors (Lipinski definition) is 3. The molecule has 2 saturated carbocycles.